The van der Waals surface area contributed by atoms with Crippen molar-refractivity contribution < 1.29 is 9.59 Å². The monoisotopic (exact) mass is 390 g/mol. The van der Waals surface area contributed by atoms with Gasteiger partial charge in [-0.25, -0.2) is 0 Å². The molecule has 0 aliphatic carbocycles. The minimum atomic E-state index is -0.213. The third kappa shape index (κ3) is 3.92. The summed E-state index contributed by atoms with van der Waals surface area (Å²) < 4.78 is 0. The van der Waals surface area contributed by atoms with Crippen molar-refractivity contribution >= 4 is 34.8 Å². The van der Waals surface area contributed by atoms with Crippen LogP contribution >= 0.6 is 11.6 Å². The van der Waals surface area contributed by atoms with Gasteiger partial charge in [0.2, 0.25) is 5.91 Å². The number of carbonyl (C=O) groups is 2. The van der Waals surface area contributed by atoms with Crippen LogP contribution in [0.5, 0.6) is 0 Å². The summed E-state index contributed by atoms with van der Waals surface area (Å²) in [6, 6.07) is 22.5. The Balaban J connectivity index is 1.56. The highest BCUT2D eigenvalue weighted by Gasteiger charge is 2.24. The number of carbonyl (C=O) groups excluding carboxylic acids is 2. The highest BCUT2D eigenvalue weighted by molar-refractivity contribution is 6.31. The molecule has 1 aliphatic rings. The maximum absolute atomic E-state index is 12.5. The molecule has 0 unspecified atom stereocenters. The number of halogens is 1. The average Bonchev–Trinajstić information content (AvgIpc) is 2.71. The summed E-state index contributed by atoms with van der Waals surface area (Å²) in [5.41, 5.74) is 4.26. The van der Waals surface area contributed by atoms with Gasteiger partial charge in [-0.05, 0) is 53.9 Å². The molecule has 4 rings (SSSR count). The lowest BCUT2D eigenvalue weighted by atomic mass is 9.99. The Hall–Kier alpha value is -3.11. The van der Waals surface area contributed by atoms with Gasteiger partial charge in [0.25, 0.3) is 5.91 Å². The lowest BCUT2D eigenvalue weighted by Gasteiger charge is -2.30. The van der Waals surface area contributed by atoms with E-state index in [1.165, 1.54) is 0 Å². The summed E-state index contributed by atoms with van der Waals surface area (Å²) in [6.07, 6.45) is 1.13. The summed E-state index contributed by atoms with van der Waals surface area (Å²) in [7, 11) is 0. The van der Waals surface area contributed by atoms with E-state index < -0.39 is 0 Å². The lowest BCUT2D eigenvalue weighted by Crippen LogP contribution is -2.34. The van der Waals surface area contributed by atoms with Crippen LogP contribution < -0.4 is 10.2 Å². The number of rotatable bonds is 4. The molecular weight excluding hydrogens is 372 g/mol. The molecular formula is C23H19ClN2O2. The molecule has 1 aliphatic heterocycles. The summed E-state index contributed by atoms with van der Waals surface area (Å²) >= 11 is 5.97. The number of benzene rings is 3. The molecule has 0 bridgehead atoms. The van der Waals surface area contributed by atoms with E-state index in [0.29, 0.717) is 35.7 Å². The van der Waals surface area contributed by atoms with Crippen molar-refractivity contribution in [2.75, 3.05) is 10.2 Å². The molecule has 0 radical (unpaired) electrons. The summed E-state index contributed by atoms with van der Waals surface area (Å²) in [5, 5.41) is 3.43. The van der Waals surface area contributed by atoms with E-state index >= 15 is 0 Å². The minimum absolute atomic E-state index is 0.118. The zero-order valence-corrected chi connectivity index (χ0v) is 15.9. The largest absolute Gasteiger partial charge is 0.322 e. The molecule has 140 valence electrons. The van der Waals surface area contributed by atoms with E-state index in [2.05, 4.69) is 5.32 Å². The van der Waals surface area contributed by atoms with Crippen LogP contribution in [-0.4, -0.2) is 11.8 Å². The van der Waals surface area contributed by atoms with E-state index in [0.717, 1.165) is 16.8 Å². The van der Waals surface area contributed by atoms with Crippen molar-refractivity contribution in [2.45, 2.75) is 19.4 Å². The number of fused-ring (bicyclic) bond motifs is 1. The van der Waals surface area contributed by atoms with E-state index in [1.807, 2.05) is 53.4 Å². The molecule has 0 atom stereocenters. The number of anilines is 2. The Morgan fingerprint density at radius 2 is 1.79 bits per heavy atom. The number of hydrogen-bond donors (Lipinski definition) is 1. The molecule has 28 heavy (non-hydrogen) atoms. The Kier molecular flexibility index (Phi) is 5.13. The van der Waals surface area contributed by atoms with Gasteiger partial charge < -0.3 is 10.2 Å². The molecule has 0 saturated heterocycles. The topological polar surface area (TPSA) is 49.4 Å². The summed E-state index contributed by atoms with van der Waals surface area (Å²) in [4.78, 5) is 26.8. The summed E-state index contributed by atoms with van der Waals surface area (Å²) in [5.74, 6) is -0.0949. The van der Waals surface area contributed by atoms with E-state index in [4.69, 9.17) is 11.6 Å². The first-order valence-corrected chi connectivity index (χ1v) is 9.52. The molecule has 0 fully saturated rings. The SMILES string of the molecule is O=C(Nc1ccc2c(c1)CCC(=O)N2Cc1ccccc1)c1cccc(Cl)c1. The van der Waals surface area contributed by atoms with E-state index in [9.17, 15) is 9.59 Å². The molecule has 4 nitrogen and oxygen atoms in total. The van der Waals surface area contributed by atoms with Gasteiger partial charge >= 0.3 is 0 Å². The van der Waals surface area contributed by atoms with Gasteiger partial charge in [-0.2, -0.15) is 0 Å². The van der Waals surface area contributed by atoms with E-state index in [1.54, 1.807) is 24.3 Å². The lowest BCUT2D eigenvalue weighted by molar-refractivity contribution is -0.119. The Morgan fingerprint density at radius 1 is 0.964 bits per heavy atom. The van der Waals surface area contributed by atoms with Gasteiger partial charge in [0.15, 0.2) is 0 Å². The second-order valence-corrected chi connectivity index (χ2v) is 7.21. The highest BCUT2D eigenvalue weighted by Crippen LogP contribution is 2.31. The number of aryl methyl sites for hydroxylation is 1. The fourth-order valence-electron chi connectivity index (χ4n) is 3.41. The smallest absolute Gasteiger partial charge is 0.255 e. The minimum Gasteiger partial charge on any atom is -0.322 e. The van der Waals surface area contributed by atoms with E-state index in [-0.39, 0.29) is 11.8 Å². The van der Waals surface area contributed by atoms with Crippen molar-refractivity contribution in [3.05, 3.63) is 94.5 Å². The van der Waals surface area contributed by atoms with Gasteiger partial charge in [-0.1, -0.05) is 48.0 Å². The predicted molar refractivity (Wildman–Crippen MR) is 112 cm³/mol. The maximum Gasteiger partial charge on any atom is 0.255 e. The van der Waals surface area contributed by atoms with Gasteiger partial charge in [0, 0.05) is 28.4 Å². The predicted octanol–water partition coefficient (Wildman–Crippen LogP) is 5.07. The van der Waals surface area contributed by atoms with Gasteiger partial charge in [-0.15, -0.1) is 0 Å². The zero-order chi connectivity index (χ0) is 19.5. The Labute approximate surface area is 168 Å². The first kappa shape index (κ1) is 18.3. The standard InChI is InChI=1S/C23H19ClN2O2/c24-19-8-4-7-18(13-19)23(28)25-20-10-11-21-17(14-20)9-12-22(27)26(21)15-16-5-2-1-3-6-16/h1-8,10-11,13-14H,9,12,15H2,(H,25,28). The highest BCUT2D eigenvalue weighted by atomic mass is 35.5. The van der Waals surface area contributed by atoms with Crippen LogP contribution in [0.4, 0.5) is 11.4 Å². The van der Waals surface area contributed by atoms with Crippen molar-refractivity contribution in [1.82, 2.24) is 0 Å². The quantitative estimate of drug-likeness (QED) is 0.676. The second kappa shape index (κ2) is 7.87. The van der Waals surface area contributed by atoms with Gasteiger partial charge in [0.05, 0.1) is 6.54 Å². The van der Waals surface area contributed by atoms with Gasteiger partial charge in [0.1, 0.15) is 0 Å². The fourth-order valence-corrected chi connectivity index (χ4v) is 3.60. The molecule has 0 aromatic heterocycles. The molecule has 2 amide bonds. The number of nitrogens with zero attached hydrogens (tertiary/aromatic N) is 1. The molecule has 0 spiro atoms. The first-order valence-electron chi connectivity index (χ1n) is 9.14. The van der Waals surface area contributed by atoms with Gasteiger partial charge in [-0.3, -0.25) is 9.59 Å². The molecule has 5 heteroatoms. The number of amides is 2. The molecule has 0 saturated carbocycles. The Morgan fingerprint density at radius 3 is 2.57 bits per heavy atom. The third-order valence-electron chi connectivity index (χ3n) is 4.81. The number of hydrogen-bond acceptors (Lipinski definition) is 2. The van der Waals surface area contributed by atoms with Crippen LogP contribution in [0.1, 0.15) is 27.9 Å². The van der Waals surface area contributed by atoms with Crippen LogP contribution in [0.25, 0.3) is 0 Å². The van der Waals surface area contributed by atoms with Crippen molar-refractivity contribution in [3.63, 3.8) is 0 Å². The van der Waals surface area contributed by atoms with Crippen LogP contribution in [-0.2, 0) is 17.8 Å². The first-order chi connectivity index (χ1) is 13.6. The average molecular weight is 391 g/mol. The van der Waals surface area contributed by atoms with Crippen LogP contribution in [0.3, 0.4) is 0 Å². The molecule has 3 aromatic rings. The second-order valence-electron chi connectivity index (χ2n) is 6.77. The fraction of sp³-hybridized carbons (Fsp3) is 0.130. The zero-order valence-electron chi connectivity index (χ0n) is 15.2. The molecule has 3 aromatic carbocycles. The van der Waals surface area contributed by atoms with Crippen molar-refractivity contribution in [3.8, 4) is 0 Å². The summed E-state index contributed by atoms with van der Waals surface area (Å²) in [6.45, 7) is 0.543. The molecule has 1 heterocycles. The van der Waals surface area contributed by atoms with Crippen LogP contribution in [0.15, 0.2) is 72.8 Å². The normalized spacial score (nSPS) is 13.2. The molecule has 1 N–H and O–H groups in total. The number of nitrogens with one attached hydrogen (secondary N) is 1. The van der Waals surface area contributed by atoms with Crippen LogP contribution in [0, 0.1) is 0 Å². The maximum atomic E-state index is 12.5. The van der Waals surface area contributed by atoms with Crippen molar-refractivity contribution in [1.29, 1.82) is 0 Å². The Bertz CT molecular complexity index is 1030. The van der Waals surface area contributed by atoms with Crippen molar-refractivity contribution in [2.24, 2.45) is 0 Å². The van der Waals surface area contributed by atoms with Crippen LogP contribution in [0.2, 0.25) is 5.02 Å². The third-order valence-corrected chi connectivity index (χ3v) is 5.04.